The summed E-state index contributed by atoms with van der Waals surface area (Å²) in [6.07, 6.45) is 2.84. The van der Waals surface area contributed by atoms with Gasteiger partial charge in [0.1, 0.15) is 11.6 Å². The van der Waals surface area contributed by atoms with E-state index >= 15 is 0 Å². The molecule has 0 aliphatic carbocycles. The van der Waals surface area contributed by atoms with Crippen molar-refractivity contribution in [2.45, 2.75) is 6.42 Å². The highest BCUT2D eigenvalue weighted by molar-refractivity contribution is 5.84. The number of hydrogen-bond donors (Lipinski definition) is 0. The highest BCUT2D eigenvalue weighted by atomic mass is 19.1. The van der Waals surface area contributed by atoms with Gasteiger partial charge in [-0.05, 0) is 54.4 Å². The van der Waals surface area contributed by atoms with Crippen LogP contribution >= 0.6 is 0 Å². The number of likely N-dealkylation sites (N-methyl/N-ethyl adjacent to an activating group) is 1. The molecule has 0 aliphatic heterocycles. The molecule has 0 spiro atoms. The molecule has 2 nitrogen and oxygen atoms in total. The largest absolute Gasteiger partial charge is 0.374 e. The first kappa shape index (κ1) is 14.6. The van der Waals surface area contributed by atoms with E-state index in [4.69, 9.17) is 0 Å². The molecule has 3 aromatic rings. The Morgan fingerprint density at radius 3 is 2.41 bits per heavy atom. The van der Waals surface area contributed by atoms with Crippen molar-refractivity contribution >= 4 is 16.6 Å². The van der Waals surface area contributed by atoms with Crippen molar-refractivity contribution in [3.05, 3.63) is 65.9 Å². The molecule has 0 saturated heterocycles. The maximum absolute atomic E-state index is 13.5. The Balaban J connectivity index is 1.79. The Kier molecular flexibility index (Phi) is 3.84. The van der Waals surface area contributed by atoms with Crippen molar-refractivity contribution in [3.8, 4) is 0 Å². The maximum Gasteiger partial charge on any atom is 0.123 e. The molecule has 0 N–H and O–H groups in total. The van der Waals surface area contributed by atoms with Crippen LogP contribution in [0.25, 0.3) is 10.9 Å². The van der Waals surface area contributed by atoms with Crippen LogP contribution in [0.1, 0.15) is 5.56 Å². The van der Waals surface area contributed by atoms with Crippen molar-refractivity contribution in [3.63, 3.8) is 0 Å². The zero-order valence-corrected chi connectivity index (χ0v) is 12.7. The third-order valence-corrected chi connectivity index (χ3v) is 4.02. The van der Waals surface area contributed by atoms with Gasteiger partial charge in [-0.3, -0.25) is 0 Å². The van der Waals surface area contributed by atoms with Gasteiger partial charge in [0.25, 0.3) is 0 Å². The molecule has 1 heterocycles. The maximum atomic E-state index is 13.5. The topological polar surface area (TPSA) is 8.17 Å². The van der Waals surface area contributed by atoms with E-state index in [2.05, 4.69) is 4.90 Å². The van der Waals surface area contributed by atoms with Crippen LogP contribution in [-0.4, -0.2) is 18.2 Å². The van der Waals surface area contributed by atoms with E-state index in [1.54, 1.807) is 24.3 Å². The second-order valence-corrected chi connectivity index (χ2v) is 5.57. The lowest BCUT2D eigenvalue weighted by molar-refractivity contribution is 0.627. The monoisotopic (exact) mass is 300 g/mol. The third kappa shape index (κ3) is 2.82. The average molecular weight is 300 g/mol. The second-order valence-electron chi connectivity index (χ2n) is 5.57. The highest BCUT2D eigenvalue weighted by Gasteiger charge is 2.09. The molecule has 2 aromatic carbocycles. The first-order valence-electron chi connectivity index (χ1n) is 7.25. The molecule has 0 aliphatic rings. The van der Waals surface area contributed by atoms with Gasteiger partial charge < -0.3 is 9.47 Å². The van der Waals surface area contributed by atoms with Crippen LogP contribution in [0.3, 0.4) is 0 Å². The molecule has 0 unspecified atom stereocenters. The SMILES string of the molecule is CN(CCc1cn(C)c2ccc(F)cc12)c1ccc(F)cc1. The van der Waals surface area contributed by atoms with E-state index in [1.807, 2.05) is 24.9 Å². The summed E-state index contributed by atoms with van der Waals surface area (Å²) in [4.78, 5) is 2.07. The third-order valence-electron chi connectivity index (χ3n) is 4.02. The minimum Gasteiger partial charge on any atom is -0.374 e. The molecular formula is C18H18F2N2. The number of nitrogens with zero attached hydrogens (tertiary/aromatic N) is 2. The van der Waals surface area contributed by atoms with E-state index in [1.165, 1.54) is 18.2 Å². The fourth-order valence-corrected chi connectivity index (χ4v) is 2.76. The lowest BCUT2D eigenvalue weighted by Gasteiger charge is -2.19. The lowest BCUT2D eigenvalue weighted by Crippen LogP contribution is -2.20. The molecule has 0 amide bonds. The van der Waals surface area contributed by atoms with Crippen LogP contribution in [0.4, 0.5) is 14.5 Å². The normalized spacial score (nSPS) is 11.1. The summed E-state index contributed by atoms with van der Waals surface area (Å²) in [6.45, 7) is 0.779. The number of benzene rings is 2. The van der Waals surface area contributed by atoms with Gasteiger partial charge in [-0.25, -0.2) is 8.78 Å². The van der Waals surface area contributed by atoms with Crippen LogP contribution < -0.4 is 4.90 Å². The first-order valence-corrected chi connectivity index (χ1v) is 7.25. The van der Waals surface area contributed by atoms with Crippen molar-refractivity contribution in [1.82, 2.24) is 4.57 Å². The van der Waals surface area contributed by atoms with E-state index in [9.17, 15) is 8.78 Å². The van der Waals surface area contributed by atoms with Crippen molar-refractivity contribution in [1.29, 1.82) is 0 Å². The van der Waals surface area contributed by atoms with E-state index < -0.39 is 0 Å². The molecule has 0 fully saturated rings. The Labute approximate surface area is 128 Å². The predicted molar refractivity (Wildman–Crippen MR) is 86.3 cm³/mol. The summed E-state index contributed by atoms with van der Waals surface area (Å²) in [5, 5.41) is 0.954. The van der Waals surface area contributed by atoms with Crippen molar-refractivity contribution in [2.24, 2.45) is 7.05 Å². The molecule has 0 radical (unpaired) electrons. The highest BCUT2D eigenvalue weighted by Crippen LogP contribution is 2.23. The van der Waals surface area contributed by atoms with E-state index in [0.717, 1.165) is 35.1 Å². The van der Waals surface area contributed by atoms with Crippen molar-refractivity contribution < 1.29 is 8.78 Å². The summed E-state index contributed by atoms with van der Waals surface area (Å²) in [5.41, 5.74) is 3.11. The number of halogens is 2. The van der Waals surface area contributed by atoms with Gasteiger partial charge in [0, 0.05) is 43.4 Å². The minimum absolute atomic E-state index is 0.216. The van der Waals surface area contributed by atoms with Gasteiger partial charge in [0.05, 0.1) is 0 Å². The number of aryl methyl sites for hydroxylation is 1. The Morgan fingerprint density at radius 2 is 1.68 bits per heavy atom. The lowest BCUT2D eigenvalue weighted by atomic mass is 10.1. The number of rotatable bonds is 4. The molecule has 0 saturated carbocycles. The van der Waals surface area contributed by atoms with Crippen LogP contribution in [0.5, 0.6) is 0 Å². The fraction of sp³-hybridized carbons (Fsp3) is 0.222. The van der Waals surface area contributed by atoms with Crippen LogP contribution in [0.2, 0.25) is 0 Å². The minimum atomic E-state index is -0.235. The summed E-state index contributed by atoms with van der Waals surface area (Å²) in [7, 11) is 3.94. The zero-order valence-electron chi connectivity index (χ0n) is 12.7. The van der Waals surface area contributed by atoms with Crippen LogP contribution in [0.15, 0.2) is 48.7 Å². The number of aromatic nitrogens is 1. The molecule has 3 rings (SSSR count). The Morgan fingerprint density at radius 1 is 1.00 bits per heavy atom. The fourth-order valence-electron chi connectivity index (χ4n) is 2.76. The Hall–Kier alpha value is -2.36. The van der Waals surface area contributed by atoms with Gasteiger partial charge in [0.2, 0.25) is 0 Å². The number of hydrogen-bond acceptors (Lipinski definition) is 1. The summed E-state index contributed by atoms with van der Waals surface area (Å²) in [6, 6.07) is 11.3. The van der Waals surface area contributed by atoms with Crippen LogP contribution in [0, 0.1) is 11.6 Å². The van der Waals surface area contributed by atoms with E-state index in [0.29, 0.717) is 0 Å². The second kappa shape index (κ2) is 5.79. The smallest absolute Gasteiger partial charge is 0.123 e. The quantitative estimate of drug-likeness (QED) is 0.703. The molecule has 0 atom stereocenters. The van der Waals surface area contributed by atoms with Gasteiger partial charge in [-0.2, -0.15) is 0 Å². The van der Waals surface area contributed by atoms with Gasteiger partial charge >= 0.3 is 0 Å². The van der Waals surface area contributed by atoms with E-state index in [-0.39, 0.29) is 11.6 Å². The summed E-state index contributed by atoms with van der Waals surface area (Å²) in [5.74, 6) is -0.450. The predicted octanol–water partition coefficient (Wildman–Crippen LogP) is 4.14. The Bertz CT molecular complexity index is 791. The van der Waals surface area contributed by atoms with Crippen LogP contribution in [-0.2, 0) is 13.5 Å². The average Bonchev–Trinajstić information content (AvgIpc) is 2.81. The van der Waals surface area contributed by atoms with Gasteiger partial charge in [0.15, 0.2) is 0 Å². The standard InChI is InChI=1S/C18H18F2N2/c1-21(16-6-3-14(19)4-7-16)10-9-13-12-22(2)18-8-5-15(20)11-17(13)18/h3-8,11-12H,9-10H2,1-2H3. The summed E-state index contributed by atoms with van der Waals surface area (Å²) >= 11 is 0. The zero-order chi connectivity index (χ0) is 15.7. The number of fused-ring (bicyclic) bond motifs is 1. The molecule has 22 heavy (non-hydrogen) atoms. The van der Waals surface area contributed by atoms with Crippen molar-refractivity contribution in [2.75, 3.05) is 18.5 Å². The summed E-state index contributed by atoms with van der Waals surface area (Å²) < 4.78 is 28.4. The number of anilines is 1. The van der Waals surface area contributed by atoms with Gasteiger partial charge in [-0.15, -0.1) is 0 Å². The van der Waals surface area contributed by atoms with Gasteiger partial charge in [-0.1, -0.05) is 0 Å². The molecule has 114 valence electrons. The first-order chi connectivity index (χ1) is 10.5. The molecular weight excluding hydrogens is 282 g/mol. The molecule has 0 bridgehead atoms. The molecule has 1 aromatic heterocycles. The molecule has 4 heteroatoms.